The third kappa shape index (κ3) is 4.27. The third-order valence-corrected chi connectivity index (χ3v) is 2.56. The number of aliphatic carboxylic acids is 1. The highest BCUT2D eigenvalue weighted by molar-refractivity contribution is 6.42. The van der Waals surface area contributed by atoms with Gasteiger partial charge in [-0.1, -0.05) is 24.3 Å². The summed E-state index contributed by atoms with van der Waals surface area (Å²) in [5, 5.41) is 7.63. The maximum atomic E-state index is 11.3. The summed E-state index contributed by atoms with van der Waals surface area (Å²) in [5.74, 6) is -2.17. The number of hydrogen-bond acceptors (Lipinski definition) is 4. The molecule has 0 radical (unpaired) electrons. The summed E-state index contributed by atoms with van der Waals surface area (Å²) >= 11 is 5.58. The van der Waals surface area contributed by atoms with E-state index >= 15 is 0 Å². The summed E-state index contributed by atoms with van der Waals surface area (Å²) in [7, 11) is 0. The molecular formula is C12H14ClNO4. The fraction of sp³-hybridized carbons (Fsp3) is 0.250. The van der Waals surface area contributed by atoms with E-state index in [1.165, 1.54) is 19.1 Å². The van der Waals surface area contributed by atoms with Gasteiger partial charge in [-0.15, -0.1) is 11.6 Å². The van der Waals surface area contributed by atoms with Crippen LogP contribution in [0, 0.1) is 0 Å². The lowest BCUT2D eigenvalue weighted by atomic mass is 10.0. The minimum absolute atomic E-state index is 0. The first-order valence-corrected chi connectivity index (χ1v) is 5.36. The molecule has 1 aromatic carbocycles. The Kier molecular flexibility index (Phi) is 6.22. The van der Waals surface area contributed by atoms with Crippen molar-refractivity contribution < 1.29 is 19.5 Å². The summed E-state index contributed by atoms with van der Waals surface area (Å²) in [4.78, 5) is 32.7. The number of alkyl halides is 1. The summed E-state index contributed by atoms with van der Waals surface area (Å²) in [6, 6.07) is 6.16. The van der Waals surface area contributed by atoms with Crippen LogP contribution in [-0.4, -0.2) is 28.0 Å². The van der Waals surface area contributed by atoms with Crippen molar-refractivity contribution in [2.45, 2.75) is 18.7 Å². The average Bonchev–Trinajstić information content (AvgIpc) is 2.28. The monoisotopic (exact) mass is 271 g/mol. The first kappa shape index (κ1) is 16.3. The van der Waals surface area contributed by atoms with Crippen molar-refractivity contribution in [3.05, 3.63) is 35.4 Å². The van der Waals surface area contributed by atoms with Crippen LogP contribution in [0.5, 0.6) is 0 Å². The van der Waals surface area contributed by atoms with Gasteiger partial charge in [-0.05, 0) is 12.0 Å². The van der Waals surface area contributed by atoms with Crippen LogP contribution in [0.15, 0.2) is 24.3 Å². The number of Topliss-reactive ketones (excluding diaryl/α,β-unsaturated/α-hetero) is 2. The molecule has 4 N–H and O–H groups in total. The van der Waals surface area contributed by atoms with Gasteiger partial charge in [0.2, 0.25) is 5.78 Å². The largest absolute Gasteiger partial charge is 0.480 e. The summed E-state index contributed by atoms with van der Waals surface area (Å²) < 4.78 is 0. The van der Waals surface area contributed by atoms with E-state index in [2.05, 4.69) is 0 Å². The Morgan fingerprint density at radius 1 is 1.22 bits per heavy atom. The van der Waals surface area contributed by atoms with Crippen LogP contribution in [0.2, 0.25) is 0 Å². The van der Waals surface area contributed by atoms with E-state index in [0.717, 1.165) is 0 Å². The fourth-order valence-corrected chi connectivity index (χ4v) is 1.47. The molecule has 0 aliphatic carbocycles. The quantitative estimate of drug-likeness (QED) is 0.483. The van der Waals surface area contributed by atoms with E-state index in [0.29, 0.717) is 11.1 Å². The lowest BCUT2D eigenvalue weighted by molar-refractivity contribution is -0.136. The minimum Gasteiger partial charge on any atom is -0.480 e. The van der Waals surface area contributed by atoms with Crippen molar-refractivity contribution in [1.29, 1.82) is 0 Å². The summed E-state index contributed by atoms with van der Waals surface area (Å²) in [6.07, 6.45) is 0.172. The van der Waals surface area contributed by atoms with Crippen LogP contribution in [0.1, 0.15) is 22.8 Å². The Balaban J connectivity index is 0.00000289. The summed E-state index contributed by atoms with van der Waals surface area (Å²) in [6.45, 7) is 1.20. The second-order valence-corrected chi connectivity index (χ2v) is 4.12. The number of halogens is 1. The van der Waals surface area contributed by atoms with Crippen LogP contribution < -0.4 is 6.15 Å². The molecule has 0 saturated heterocycles. The predicted octanol–water partition coefficient (Wildman–Crippen LogP) is 1.85. The molecule has 0 bridgehead atoms. The molecule has 0 amide bonds. The Morgan fingerprint density at radius 3 is 2.11 bits per heavy atom. The van der Waals surface area contributed by atoms with Crippen LogP contribution in [0.3, 0.4) is 0 Å². The van der Waals surface area contributed by atoms with Crippen LogP contribution in [0.25, 0.3) is 0 Å². The van der Waals surface area contributed by atoms with E-state index in [1.807, 2.05) is 0 Å². The molecule has 1 unspecified atom stereocenters. The SMILES string of the molecule is CC(=O)C(=O)c1ccc(CC(Cl)C(=O)O)cc1.N. The summed E-state index contributed by atoms with van der Waals surface area (Å²) in [5.41, 5.74) is 0.996. The fourth-order valence-electron chi connectivity index (χ4n) is 1.29. The van der Waals surface area contributed by atoms with Gasteiger partial charge in [-0.2, -0.15) is 0 Å². The molecule has 0 heterocycles. The number of rotatable bonds is 5. The minimum atomic E-state index is -1.09. The van der Waals surface area contributed by atoms with Gasteiger partial charge in [0.1, 0.15) is 5.38 Å². The van der Waals surface area contributed by atoms with Crippen molar-refractivity contribution in [3.8, 4) is 0 Å². The van der Waals surface area contributed by atoms with E-state index in [1.54, 1.807) is 12.1 Å². The molecule has 0 fully saturated rings. The highest BCUT2D eigenvalue weighted by atomic mass is 35.5. The highest BCUT2D eigenvalue weighted by Crippen LogP contribution is 2.11. The molecular weight excluding hydrogens is 258 g/mol. The molecule has 0 aliphatic heterocycles. The molecule has 6 heteroatoms. The van der Waals surface area contributed by atoms with Crippen molar-refractivity contribution in [1.82, 2.24) is 6.15 Å². The maximum Gasteiger partial charge on any atom is 0.321 e. The molecule has 0 saturated carbocycles. The van der Waals surface area contributed by atoms with Crippen LogP contribution in [-0.2, 0) is 16.0 Å². The molecule has 1 aromatic rings. The highest BCUT2D eigenvalue weighted by Gasteiger charge is 2.15. The predicted molar refractivity (Wildman–Crippen MR) is 67.5 cm³/mol. The van der Waals surface area contributed by atoms with Crippen molar-refractivity contribution in [3.63, 3.8) is 0 Å². The van der Waals surface area contributed by atoms with Crippen LogP contribution in [0.4, 0.5) is 0 Å². The first-order valence-electron chi connectivity index (χ1n) is 4.93. The normalized spacial score (nSPS) is 11.2. The van der Waals surface area contributed by atoms with Gasteiger partial charge in [0.05, 0.1) is 0 Å². The molecule has 18 heavy (non-hydrogen) atoms. The Labute approximate surface area is 109 Å². The zero-order chi connectivity index (χ0) is 13.0. The number of hydrogen-bond donors (Lipinski definition) is 2. The third-order valence-electron chi connectivity index (χ3n) is 2.22. The molecule has 1 atom stereocenters. The van der Waals surface area contributed by atoms with Gasteiger partial charge in [0.15, 0.2) is 5.78 Å². The van der Waals surface area contributed by atoms with Gasteiger partial charge >= 0.3 is 5.97 Å². The van der Waals surface area contributed by atoms with E-state index in [9.17, 15) is 14.4 Å². The topological polar surface area (TPSA) is 106 Å². The van der Waals surface area contributed by atoms with Crippen molar-refractivity contribution in [2.75, 3.05) is 0 Å². The zero-order valence-corrected chi connectivity index (χ0v) is 10.6. The van der Waals surface area contributed by atoms with Gasteiger partial charge in [0, 0.05) is 12.5 Å². The standard InChI is InChI=1S/C12H11ClO4.H3N/c1-7(14)11(15)9-4-2-8(3-5-9)6-10(13)12(16)17;/h2-5,10H,6H2,1H3,(H,16,17);1H3. The van der Waals surface area contributed by atoms with Gasteiger partial charge in [0.25, 0.3) is 0 Å². The van der Waals surface area contributed by atoms with Gasteiger partial charge in [-0.3, -0.25) is 14.4 Å². The molecule has 0 aliphatic rings. The van der Waals surface area contributed by atoms with Gasteiger partial charge in [-0.25, -0.2) is 0 Å². The number of carboxylic acid groups (broad SMARTS) is 1. The first-order chi connectivity index (χ1) is 7.91. The van der Waals surface area contributed by atoms with Crippen molar-refractivity contribution in [2.24, 2.45) is 0 Å². The average molecular weight is 272 g/mol. The molecule has 1 rings (SSSR count). The molecule has 0 spiro atoms. The zero-order valence-electron chi connectivity index (χ0n) is 9.85. The Morgan fingerprint density at radius 2 is 1.72 bits per heavy atom. The number of carbonyl (C=O) groups is 3. The van der Waals surface area contributed by atoms with Crippen LogP contribution >= 0.6 is 11.6 Å². The molecule has 0 aromatic heterocycles. The van der Waals surface area contributed by atoms with E-state index < -0.39 is 22.9 Å². The lowest BCUT2D eigenvalue weighted by Crippen LogP contribution is -2.16. The molecule has 5 nitrogen and oxygen atoms in total. The smallest absolute Gasteiger partial charge is 0.321 e. The van der Waals surface area contributed by atoms with Crippen molar-refractivity contribution >= 4 is 29.1 Å². The Hall–Kier alpha value is -1.72. The van der Waals surface area contributed by atoms with E-state index in [-0.39, 0.29) is 12.6 Å². The van der Waals surface area contributed by atoms with E-state index in [4.69, 9.17) is 16.7 Å². The number of benzene rings is 1. The van der Waals surface area contributed by atoms with Gasteiger partial charge < -0.3 is 11.3 Å². The number of ketones is 2. The number of carbonyl (C=O) groups excluding carboxylic acids is 2. The number of carboxylic acids is 1. The molecule has 98 valence electrons. The second kappa shape index (κ2) is 6.88. The second-order valence-electron chi connectivity index (χ2n) is 3.59. The Bertz CT molecular complexity index is 456. The lowest BCUT2D eigenvalue weighted by Gasteiger charge is -2.05. The maximum absolute atomic E-state index is 11.3.